The Kier molecular flexibility index (Phi) is 3.12. The van der Waals surface area contributed by atoms with Gasteiger partial charge in [-0.3, -0.25) is 0 Å². The molecule has 68 valence electrons. The first-order chi connectivity index (χ1) is 5.38. The van der Waals surface area contributed by atoms with E-state index in [4.69, 9.17) is 0 Å². The normalized spacial score (nSPS) is 22.2. The van der Waals surface area contributed by atoms with Crippen LogP contribution in [-0.2, 0) is 7.05 Å². The monoisotopic (exact) mass is 187 g/mol. The predicted molar refractivity (Wildman–Crippen MR) is 50.7 cm³/mol. The minimum atomic E-state index is 0. The summed E-state index contributed by atoms with van der Waals surface area (Å²) in [4.78, 5) is 4.32. The highest BCUT2D eigenvalue weighted by molar-refractivity contribution is 5.85. The summed E-state index contributed by atoms with van der Waals surface area (Å²) < 4.78 is 2.11. The summed E-state index contributed by atoms with van der Waals surface area (Å²) in [6.45, 7) is 2.22. The van der Waals surface area contributed by atoms with Crippen molar-refractivity contribution in [2.45, 2.75) is 12.3 Å². The van der Waals surface area contributed by atoms with Crippen LogP contribution >= 0.6 is 12.4 Å². The van der Waals surface area contributed by atoms with Crippen molar-refractivity contribution in [2.75, 3.05) is 13.1 Å². The van der Waals surface area contributed by atoms with Gasteiger partial charge >= 0.3 is 0 Å². The minimum Gasteiger partial charge on any atom is -0.338 e. The lowest BCUT2D eigenvalue weighted by atomic mass is 10.1. The van der Waals surface area contributed by atoms with Crippen LogP contribution in [0.2, 0.25) is 0 Å². The lowest BCUT2D eigenvalue weighted by molar-refractivity contribution is 0.660. The second-order valence-electron chi connectivity index (χ2n) is 3.09. The zero-order chi connectivity index (χ0) is 7.68. The van der Waals surface area contributed by atoms with Crippen LogP contribution in [-0.4, -0.2) is 22.6 Å². The van der Waals surface area contributed by atoms with Gasteiger partial charge in [0.2, 0.25) is 0 Å². The SMILES string of the molecule is Cl.Cn1ccnc1C1CCNC1. The molecule has 0 saturated carbocycles. The van der Waals surface area contributed by atoms with Crippen LogP contribution in [0.15, 0.2) is 12.4 Å². The number of hydrogen-bond acceptors (Lipinski definition) is 2. The zero-order valence-electron chi connectivity index (χ0n) is 7.16. The fourth-order valence-corrected chi connectivity index (χ4v) is 1.65. The fraction of sp³-hybridized carbons (Fsp3) is 0.625. The minimum absolute atomic E-state index is 0. The average molecular weight is 188 g/mol. The second kappa shape index (κ2) is 3.92. The van der Waals surface area contributed by atoms with Crippen LogP contribution in [0.1, 0.15) is 18.2 Å². The van der Waals surface area contributed by atoms with Crippen molar-refractivity contribution in [2.24, 2.45) is 7.05 Å². The van der Waals surface area contributed by atoms with Crippen molar-refractivity contribution in [3.63, 3.8) is 0 Å². The maximum atomic E-state index is 4.32. The third-order valence-corrected chi connectivity index (χ3v) is 2.28. The molecule has 0 spiro atoms. The van der Waals surface area contributed by atoms with E-state index < -0.39 is 0 Å². The smallest absolute Gasteiger partial charge is 0.112 e. The maximum absolute atomic E-state index is 4.32. The summed E-state index contributed by atoms with van der Waals surface area (Å²) in [5.41, 5.74) is 0. The van der Waals surface area contributed by atoms with Gasteiger partial charge in [-0.15, -0.1) is 12.4 Å². The molecule has 1 aromatic heterocycles. The van der Waals surface area contributed by atoms with Crippen molar-refractivity contribution in [1.82, 2.24) is 14.9 Å². The van der Waals surface area contributed by atoms with Crippen LogP contribution in [0.5, 0.6) is 0 Å². The number of aryl methyl sites for hydroxylation is 1. The third kappa shape index (κ3) is 1.62. The number of nitrogens with zero attached hydrogens (tertiary/aromatic N) is 2. The largest absolute Gasteiger partial charge is 0.338 e. The van der Waals surface area contributed by atoms with Gasteiger partial charge in [0.25, 0.3) is 0 Å². The highest BCUT2D eigenvalue weighted by atomic mass is 35.5. The third-order valence-electron chi connectivity index (χ3n) is 2.28. The molecule has 1 atom stereocenters. The molecule has 0 aliphatic carbocycles. The van der Waals surface area contributed by atoms with E-state index in [0.29, 0.717) is 5.92 Å². The second-order valence-corrected chi connectivity index (χ2v) is 3.09. The Balaban J connectivity index is 0.000000720. The van der Waals surface area contributed by atoms with Gasteiger partial charge in [-0.25, -0.2) is 4.98 Å². The number of hydrogen-bond donors (Lipinski definition) is 1. The molecule has 1 aliphatic rings. The number of halogens is 1. The lowest BCUT2D eigenvalue weighted by Crippen LogP contribution is -2.10. The molecule has 0 bridgehead atoms. The molecule has 12 heavy (non-hydrogen) atoms. The van der Waals surface area contributed by atoms with Gasteiger partial charge in [0.05, 0.1) is 0 Å². The Hall–Kier alpha value is -0.540. The molecule has 0 amide bonds. The van der Waals surface area contributed by atoms with E-state index in [1.54, 1.807) is 0 Å². The van der Waals surface area contributed by atoms with Gasteiger partial charge in [-0.2, -0.15) is 0 Å². The predicted octanol–water partition coefficient (Wildman–Crippen LogP) is 0.919. The van der Waals surface area contributed by atoms with E-state index in [9.17, 15) is 0 Å². The zero-order valence-corrected chi connectivity index (χ0v) is 7.97. The number of nitrogens with one attached hydrogen (secondary N) is 1. The Morgan fingerprint density at radius 2 is 2.50 bits per heavy atom. The van der Waals surface area contributed by atoms with Gasteiger partial charge in [-0.05, 0) is 13.0 Å². The molecule has 1 aromatic rings. The van der Waals surface area contributed by atoms with E-state index in [1.807, 2.05) is 12.4 Å². The molecule has 2 rings (SSSR count). The van der Waals surface area contributed by atoms with E-state index in [-0.39, 0.29) is 12.4 Å². The molecule has 4 heteroatoms. The number of rotatable bonds is 1. The molecule has 1 unspecified atom stereocenters. The summed E-state index contributed by atoms with van der Waals surface area (Å²) >= 11 is 0. The molecular formula is C8H14ClN3. The van der Waals surface area contributed by atoms with Gasteiger partial charge in [0.1, 0.15) is 5.82 Å². The van der Waals surface area contributed by atoms with Gasteiger partial charge in [0, 0.05) is 31.9 Å². The highest BCUT2D eigenvalue weighted by Gasteiger charge is 2.19. The first-order valence-electron chi connectivity index (χ1n) is 4.06. The van der Waals surface area contributed by atoms with Crippen LogP contribution < -0.4 is 5.32 Å². The Morgan fingerprint density at radius 3 is 3.00 bits per heavy atom. The maximum Gasteiger partial charge on any atom is 0.112 e. The number of imidazole rings is 1. The molecule has 1 saturated heterocycles. The van der Waals surface area contributed by atoms with Crippen LogP contribution in [0.4, 0.5) is 0 Å². The van der Waals surface area contributed by atoms with Crippen molar-refractivity contribution < 1.29 is 0 Å². The van der Waals surface area contributed by atoms with Crippen LogP contribution in [0, 0.1) is 0 Å². The van der Waals surface area contributed by atoms with E-state index in [1.165, 1.54) is 12.2 Å². The van der Waals surface area contributed by atoms with E-state index in [0.717, 1.165) is 13.1 Å². The summed E-state index contributed by atoms with van der Waals surface area (Å²) in [6, 6.07) is 0. The molecule has 1 fully saturated rings. The number of aromatic nitrogens is 2. The average Bonchev–Trinajstić information content (AvgIpc) is 2.55. The summed E-state index contributed by atoms with van der Waals surface area (Å²) in [5.74, 6) is 1.85. The molecule has 1 aliphatic heterocycles. The molecular weight excluding hydrogens is 174 g/mol. The van der Waals surface area contributed by atoms with Crippen molar-refractivity contribution >= 4 is 12.4 Å². The Labute approximate surface area is 78.6 Å². The van der Waals surface area contributed by atoms with E-state index >= 15 is 0 Å². The van der Waals surface area contributed by atoms with Gasteiger partial charge < -0.3 is 9.88 Å². The lowest BCUT2D eigenvalue weighted by Gasteiger charge is -2.06. The molecule has 1 N–H and O–H groups in total. The van der Waals surface area contributed by atoms with Crippen LogP contribution in [0.3, 0.4) is 0 Å². The summed E-state index contributed by atoms with van der Waals surface area (Å²) in [7, 11) is 2.06. The van der Waals surface area contributed by atoms with Crippen molar-refractivity contribution in [3.05, 3.63) is 18.2 Å². The van der Waals surface area contributed by atoms with Gasteiger partial charge in [0.15, 0.2) is 0 Å². The summed E-state index contributed by atoms with van der Waals surface area (Å²) in [6.07, 6.45) is 5.10. The summed E-state index contributed by atoms with van der Waals surface area (Å²) in [5, 5.41) is 3.33. The van der Waals surface area contributed by atoms with Gasteiger partial charge in [-0.1, -0.05) is 0 Å². The Bertz CT molecular complexity index is 240. The molecule has 0 radical (unpaired) electrons. The van der Waals surface area contributed by atoms with Crippen molar-refractivity contribution in [3.8, 4) is 0 Å². The highest BCUT2D eigenvalue weighted by Crippen LogP contribution is 2.19. The van der Waals surface area contributed by atoms with E-state index in [2.05, 4.69) is 21.9 Å². The fourth-order valence-electron chi connectivity index (χ4n) is 1.65. The van der Waals surface area contributed by atoms with Crippen LogP contribution in [0.25, 0.3) is 0 Å². The molecule has 0 aromatic carbocycles. The Morgan fingerprint density at radius 1 is 1.67 bits per heavy atom. The molecule has 2 heterocycles. The first-order valence-corrected chi connectivity index (χ1v) is 4.06. The quantitative estimate of drug-likeness (QED) is 0.709. The standard InChI is InChI=1S/C8H13N3.ClH/c1-11-5-4-10-8(11)7-2-3-9-6-7;/h4-5,7,9H,2-3,6H2,1H3;1H. The molecule has 3 nitrogen and oxygen atoms in total. The van der Waals surface area contributed by atoms with Crippen molar-refractivity contribution in [1.29, 1.82) is 0 Å². The topological polar surface area (TPSA) is 29.9 Å². The first kappa shape index (κ1) is 9.55.